The van der Waals surface area contributed by atoms with Crippen molar-refractivity contribution < 1.29 is 44.1 Å². The lowest BCUT2D eigenvalue weighted by Gasteiger charge is -2.49. The lowest BCUT2D eigenvalue weighted by atomic mass is 10.0. The van der Waals surface area contributed by atoms with Crippen molar-refractivity contribution in [3.8, 4) is 11.5 Å². The molecule has 2 aliphatic heterocycles. The molecule has 1 saturated heterocycles. The first-order valence-corrected chi connectivity index (χ1v) is 16.4. The number of anilines is 1. The van der Waals surface area contributed by atoms with E-state index in [-0.39, 0.29) is 27.8 Å². The number of thioether (sulfide) groups is 2. The predicted molar refractivity (Wildman–Crippen MR) is 165 cm³/mol. The smallest absolute Gasteiger partial charge is 0.352 e. The number of oxime groups is 1. The molecular formula is C24H21N9O9S4. The molecule has 0 saturated carbocycles. The minimum Gasteiger partial charge on any atom is -0.504 e. The number of nitrogens with two attached hydrogens (primary N) is 1. The average molecular weight is 708 g/mol. The van der Waals surface area contributed by atoms with Gasteiger partial charge in [-0.2, -0.15) is 0 Å². The Labute approximate surface area is 274 Å². The Morgan fingerprint density at radius 1 is 1.17 bits per heavy atom. The van der Waals surface area contributed by atoms with E-state index >= 15 is 0 Å². The molecule has 3 aromatic rings. The third-order valence-corrected chi connectivity index (χ3v) is 10.1. The van der Waals surface area contributed by atoms with Crippen LogP contribution in [0, 0.1) is 0 Å². The summed E-state index contributed by atoms with van der Waals surface area (Å²) in [6.45, 7) is -0.767. The van der Waals surface area contributed by atoms with Gasteiger partial charge in [-0.1, -0.05) is 28.3 Å². The van der Waals surface area contributed by atoms with Gasteiger partial charge in [0.2, 0.25) is 0 Å². The van der Waals surface area contributed by atoms with Crippen LogP contribution in [0.4, 0.5) is 5.13 Å². The number of carbonyl (C=O) groups is 5. The van der Waals surface area contributed by atoms with Gasteiger partial charge in [0.25, 0.3) is 23.6 Å². The summed E-state index contributed by atoms with van der Waals surface area (Å²) in [5.74, 6) is -4.90. The monoisotopic (exact) mass is 707 g/mol. The molecule has 22 heteroatoms. The summed E-state index contributed by atoms with van der Waals surface area (Å²) in [6, 6.07) is 2.19. The third-order valence-electron chi connectivity index (χ3n) is 6.13. The van der Waals surface area contributed by atoms with Crippen LogP contribution in [0.2, 0.25) is 0 Å². The Morgan fingerprint density at radius 3 is 2.65 bits per heavy atom. The second-order valence-corrected chi connectivity index (χ2v) is 13.2. The van der Waals surface area contributed by atoms with Crippen LogP contribution in [0.25, 0.3) is 0 Å². The van der Waals surface area contributed by atoms with E-state index < -0.39 is 64.8 Å². The number of amides is 4. The first-order valence-electron chi connectivity index (χ1n) is 12.7. The highest BCUT2D eigenvalue weighted by molar-refractivity contribution is 8.01. The fraction of sp³-hybridized carbons (Fsp3) is 0.208. The lowest BCUT2D eigenvalue weighted by molar-refractivity contribution is -0.150. The maximum absolute atomic E-state index is 13.3. The molecule has 2 aromatic heterocycles. The average Bonchev–Trinajstić information content (AvgIpc) is 3.72. The molecule has 1 unspecified atom stereocenters. The number of rotatable bonds is 11. The van der Waals surface area contributed by atoms with Gasteiger partial charge in [-0.25, -0.2) is 9.78 Å². The fourth-order valence-electron chi connectivity index (χ4n) is 4.03. The zero-order valence-electron chi connectivity index (χ0n) is 22.9. The Morgan fingerprint density at radius 2 is 1.98 bits per heavy atom. The van der Waals surface area contributed by atoms with E-state index in [1.54, 1.807) is 5.51 Å². The van der Waals surface area contributed by atoms with Crippen molar-refractivity contribution in [2.24, 2.45) is 5.16 Å². The number of thiazole rings is 1. The number of aromatic hydroxyl groups is 2. The van der Waals surface area contributed by atoms with Gasteiger partial charge in [0, 0.05) is 22.4 Å². The van der Waals surface area contributed by atoms with Crippen molar-refractivity contribution >= 4 is 86.6 Å². The van der Waals surface area contributed by atoms with Crippen LogP contribution in [-0.4, -0.2) is 100 Å². The molecule has 4 heterocycles. The summed E-state index contributed by atoms with van der Waals surface area (Å²) < 4.78 is 0.651. The normalized spacial score (nSPS) is 17.5. The highest BCUT2D eigenvalue weighted by Crippen LogP contribution is 2.41. The van der Waals surface area contributed by atoms with Crippen molar-refractivity contribution in [1.29, 1.82) is 0 Å². The summed E-state index contributed by atoms with van der Waals surface area (Å²) in [6.07, 6.45) is 0. The van der Waals surface area contributed by atoms with E-state index in [0.29, 0.717) is 15.7 Å². The molecule has 46 heavy (non-hydrogen) atoms. The molecular weight excluding hydrogens is 687 g/mol. The molecule has 2 atom stereocenters. The lowest BCUT2D eigenvalue weighted by Crippen LogP contribution is -2.71. The Bertz CT molecular complexity index is 1760. The van der Waals surface area contributed by atoms with Gasteiger partial charge in [-0.15, -0.1) is 33.3 Å². The van der Waals surface area contributed by atoms with E-state index in [2.05, 4.69) is 36.5 Å². The molecule has 8 N–H and O–H groups in total. The zero-order valence-corrected chi connectivity index (χ0v) is 26.2. The number of carboxylic acid groups (broad SMARTS) is 1. The first kappa shape index (κ1) is 32.5. The molecule has 0 aliphatic carbocycles. The number of benzene rings is 1. The predicted octanol–water partition coefficient (Wildman–Crippen LogP) is -0.299. The molecule has 18 nitrogen and oxygen atoms in total. The Balaban J connectivity index is 1.21. The first-order chi connectivity index (χ1) is 22.0. The number of nitrogens with one attached hydrogen (secondary N) is 3. The van der Waals surface area contributed by atoms with Crippen LogP contribution < -0.4 is 21.9 Å². The van der Waals surface area contributed by atoms with Gasteiger partial charge in [0.15, 0.2) is 33.3 Å². The van der Waals surface area contributed by atoms with E-state index in [1.165, 1.54) is 46.3 Å². The number of carbonyl (C=O) groups excluding carboxylic acids is 4. The van der Waals surface area contributed by atoms with Gasteiger partial charge < -0.3 is 31.2 Å². The molecule has 1 fully saturated rings. The number of hydrazine groups is 1. The number of nitrogens with zero attached hydrogens (tertiary/aromatic N) is 5. The van der Waals surface area contributed by atoms with Crippen molar-refractivity contribution in [2.75, 3.05) is 23.8 Å². The number of hydrogen-bond acceptors (Lipinski definition) is 17. The van der Waals surface area contributed by atoms with Crippen LogP contribution in [0.5, 0.6) is 11.5 Å². The SMILES string of the molecule is Nc1nc(C(=NOCC(=O)NNC(=O)c2ccc(O)c(O)c2)C(=O)NC2C(=O)N3C(C(=O)O)=C(CSc4nncs4)CS[C@@H]23)cs1. The highest BCUT2D eigenvalue weighted by Gasteiger charge is 2.54. The number of aliphatic carboxylic acids is 1. The Hall–Kier alpha value is -4.93. The summed E-state index contributed by atoms with van der Waals surface area (Å²) in [5, 5.41) is 43.5. The van der Waals surface area contributed by atoms with Crippen LogP contribution in [-0.2, 0) is 24.0 Å². The maximum Gasteiger partial charge on any atom is 0.352 e. The summed E-state index contributed by atoms with van der Waals surface area (Å²) in [7, 11) is 0. The second-order valence-electron chi connectivity index (χ2n) is 9.10. The molecule has 4 amide bonds. The van der Waals surface area contributed by atoms with E-state index in [1.807, 2.05) is 0 Å². The number of fused-ring (bicyclic) bond motifs is 1. The number of aromatic nitrogens is 3. The van der Waals surface area contributed by atoms with Gasteiger partial charge in [0.05, 0.1) is 0 Å². The number of β-lactam (4-membered cyclic amide) rings is 1. The number of carboxylic acids is 1. The Kier molecular flexibility index (Phi) is 9.89. The van der Waals surface area contributed by atoms with Gasteiger partial charge in [-0.3, -0.25) is 34.9 Å². The van der Waals surface area contributed by atoms with Gasteiger partial charge in [0.1, 0.15) is 28.3 Å². The van der Waals surface area contributed by atoms with Crippen molar-refractivity contribution in [1.82, 2.24) is 36.2 Å². The molecule has 5 rings (SSSR count). The standard InChI is InChI=1S/C24H21N9O9S4/c25-23-27-11(7-44-23)15(32-42-4-14(36)29-30-18(37)9-1-2-12(34)13(35)3-9)19(38)28-16-20(39)33-17(22(40)41)10(5-43-21(16)33)6-45-24-31-26-8-46-24/h1-3,7-8,16,21,34-35H,4-6H2,(H2,25,27)(H,28,38)(H,29,36)(H,30,37)(H,40,41)/t16?,21-/m0/s1. The molecule has 0 bridgehead atoms. The molecule has 0 spiro atoms. The largest absolute Gasteiger partial charge is 0.504 e. The molecule has 240 valence electrons. The second kappa shape index (κ2) is 14.0. The number of nitrogen functional groups attached to an aromatic ring is 1. The van der Waals surface area contributed by atoms with E-state index in [0.717, 1.165) is 28.4 Å². The molecule has 2 aliphatic rings. The van der Waals surface area contributed by atoms with Crippen LogP contribution in [0.1, 0.15) is 16.1 Å². The molecule has 1 aromatic carbocycles. The minimum absolute atomic E-state index is 0.0112. The zero-order chi connectivity index (χ0) is 33.0. The molecule has 0 radical (unpaired) electrons. The number of hydrogen-bond donors (Lipinski definition) is 7. The summed E-state index contributed by atoms with van der Waals surface area (Å²) >= 11 is 4.88. The third kappa shape index (κ3) is 7.14. The van der Waals surface area contributed by atoms with Crippen molar-refractivity contribution in [2.45, 2.75) is 15.8 Å². The van der Waals surface area contributed by atoms with Gasteiger partial charge >= 0.3 is 5.97 Å². The maximum atomic E-state index is 13.3. The van der Waals surface area contributed by atoms with Crippen LogP contribution in [0.3, 0.4) is 0 Å². The van der Waals surface area contributed by atoms with Crippen molar-refractivity contribution in [3.05, 3.63) is 51.6 Å². The van der Waals surface area contributed by atoms with E-state index in [9.17, 15) is 39.3 Å². The number of phenolic OH excluding ortho intramolecular Hbond substituents is 2. The topological polar surface area (TPSA) is 272 Å². The number of phenols is 2. The fourth-order valence-corrected chi connectivity index (χ4v) is 7.56. The van der Waals surface area contributed by atoms with Crippen LogP contribution in [0.15, 0.2) is 49.9 Å². The van der Waals surface area contributed by atoms with E-state index in [4.69, 9.17) is 10.6 Å². The highest BCUT2D eigenvalue weighted by atomic mass is 32.2. The summed E-state index contributed by atoms with van der Waals surface area (Å²) in [4.78, 5) is 73.0. The van der Waals surface area contributed by atoms with Crippen molar-refractivity contribution in [3.63, 3.8) is 0 Å². The minimum atomic E-state index is -1.28. The van der Waals surface area contributed by atoms with Crippen LogP contribution >= 0.6 is 46.2 Å². The quantitative estimate of drug-likeness (QED) is 0.0443. The summed E-state index contributed by atoms with van der Waals surface area (Å²) in [5.41, 5.74) is 11.3. The van der Waals surface area contributed by atoms with Gasteiger partial charge in [-0.05, 0) is 23.8 Å².